The first kappa shape index (κ1) is 13.1. The standard InChI is InChI=1S/C9H8O7S/c1-4-2-3-5(8(10)11)6(9(12)13)7(4)17(14,15)16/h2-3H,1H3,(H,10,11)(H,12,13)(H,14,15,16). The molecule has 0 bridgehead atoms. The van der Waals surface area contributed by atoms with E-state index in [1.807, 2.05) is 0 Å². The van der Waals surface area contributed by atoms with Gasteiger partial charge in [-0.1, -0.05) is 6.07 Å². The molecule has 0 unspecified atom stereocenters. The zero-order chi connectivity index (χ0) is 13.4. The molecule has 0 amide bonds. The third-order valence-electron chi connectivity index (χ3n) is 2.06. The highest BCUT2D eigenvalue weighted by Gasteiger charge is 2.28. The maximum Gasteiger partial charge on any atom is 0.338 e. The maximum atomic E-state index is 11.1. The van der Waals surface area contributed by atoms with Crippen LogP contribution in [0.25, 0.3) is 0 Å². The van der Waals surface area contributed by atoms with Gasteiger partial charge in [-0.15, -0.1) is 0 Å². The minimum Gasteiger partial charge on any atom is -0.478 e. The fourth-order valence-electron chi connectivity index (χ4n) is 1.41. The Hall–Kier alpha value is -1.93. The van der Waals surface area contributed by atoms with Crippen LogP contribution in [0.4, 0.5) is 0 Å². The zero-order valence-electron chi connectivity index (χ0n) is 8.54. The van der Waals surface area contributed by atoms with Gasteiger partial charge in [0, 0.05) is 0 Å². The molecule has 3 N–H and O–H groups in total. The second kappa shape index (κ2) is 4.15. The molecule has 0 aromatic heterocycles. The van der Waals surface area contributed by atoms with Gasteiger partial charge in [0.2, 0.25) is 0 Å². The van der Waals surface area contributed by atoms with Crippen LogP contribution in [0.1, 0.15) is 26.3 Å². The van der Waals surface area contributed by atoms with Gasteiger partial charge < -0.3 is 10.2 Å². The summed E-state index contributed by atoms with van der Waals surface area (Å²) in [4.78, 5) is 20.8. The normalized spacial score (nSPS) is 11.2. The first-order valence-corrected chi connectivity index (χ1v) is 5.68. The number of carbonyl (C=O) groups is 2. The van der Waals surface area contributed by atoms with Crippen molar-refractivity contribution in [3.8, 4) is 0 Å². The minimum atomic E-state index is -4.81. The van der Waals surface area contributed by atoms with E-state index in [-0.39, 0.29) is 5.56 Å². The molecule has 0 atom stereocenters. The molecule has 0 saturated carbocycles. The van der Waals surface area contributed by atoms with Crippen molar-refractivity contribution >= 4 is 22.1 Å². The molecule has 92 valence electrons. The van der Waals surface area contributed by atoms with E-state index in [1.165, 1.54) is 6.92 Å². The van der Waals surface area contributed by atoms with Crippen LogP contribution in [0.2, 0.25) is 0 Å². The molecule has 7 nitrogen and oxygen atoms in total. The summed E-state index contributed by atoms with van der Waals surface area (Å²) < 4.78 is 31.0. The molecule has 1 aromatic rings. The molecule has 0 saturated heterocycles. The molecule has 17 heavy (non-hydrogen) atoms. The number of carboxylic acids is 2. The molecular formula is C9H8O7S. The highest BCUT2D eigenvalue weighted by Crippen LogP contribution is 2.24. The number of aromatic carboxylic acids is 2. The summed E-state index contributed by atoms with van der Waals surface area (Å²) in [6.07, 6.45) is 0. The van der Waals surface area contributed by atoms with Crippen molar-refractivity contribution in [3.05, 3.63) is 28.8 Å². The molecule has 0 spiro atoms. The first-order chi connectivity index (χ1) is 7.66. The lowest BCUT2D eigenvalue weighted by Crippen LogP contribution is -2.15. The Bertz CT molecular complexity index is 600. The highest BCUT2D eigenvalue weighted by atomic mass is 32.2. The summed E-state index contributed by atoms with van der Waals surface area (Å²) >= 11 is 0. The van der Waals surface area contributed by atoms with Crippen molar-refractivity contribution in [1.29, 1.82) is 0 Å². The summed E-state index contributed by atoms with van der Waals surface area (Å²) in [7, 11) is -4.81. The average molecular weight is 260 g/mol. The van der Waals surface area contributed by atoms with E-state index in [0.29, 0.717) is 0 Å². The van der Waals surface area contributed by atoms with Crippen LogP contribution in [0.15, 0.2) is 17.0 Å². The molecule has 8 heteroatoms. The van der Waals surface area contributed by atoms with Crippen LogP contribution in [-0.4, -0.2) is 35.1 Å². The second-order valence-corrected chi connectivity index (χ2v) is 4.58. The molecule has 0 aliphatic heterocycles. The summed E-state index contributed by atoms with van der Waals surface area (Å²) in [5.41, 5.74) is -1.69. The third kappa shape index (κ3) is 2.43. The van der Waals surface area contributed by atoms with E-state index >= 15 is 0 Å². The van der Waals surface area contributed by atoms with Gasteiger partial charge in [0.15, 0.2) is 0 Å². The van der Waals surface area contributed by atoms with Crippen molar-refractivity contribution in [3.63, 3.8) is 0 Å². The Morgan fingerprint density at radius 3 is 2.00 bits per heavy atom. The monoisotopic (exact) mass is 260 g/mol. The lowest BCUT2D eigenvalue weighted by Gasteiger charge is -2.09. The Morgan fingerprint density at radius 2 is 1.65 bits per heavy atom. The summed E-state index contributed by atoms with van der Waals surface area (Å²) in [6.45, 7) is 1.25. The quantitative estimate of drug-likeness (QED) is 0.680. The zero-order valence-corrected chi connectivity index (χ0v) is 9.35. The lowest BCUT2D eigenvalue weighted by molar-refractivity contribution is 0.0648. The molecule has 0 fully saturated rings. The predicted molar refractivity (Wildman–Crippen MR) is 54.9 cm³/mol. The molecule has 0 aliphatic rings. The Morgan fingerprint density at radius 1 is 1.12 bits per heavy atom. The summed E-state index contributed by atoms with van der Waals surface area (Å²) in [5, 5.41) is 17.6. The van der Waals surface area contributed by atoms with Crippen LogP contribution in [0.5, 0.6) is 0 Å². The van der Waals surface area contributed by atoms with Gasteiger partial charge in [0.05, 0.1) is 11.1 Å². The number of rotatable bonds is 3. The summed E-state index contributed by atoms with van der Waals surface area (Å²) in [6, 6.07) is 2.08. The number of aryl methyl sites for hydroxylation is 1. The molecule has 0 heterocycles. The molecule has 1 rings (SSSR count). The van der Waals surface area contributed by atoms with Crippen LogP contribution >= 0.6 is 0 Å². The van der Waals surface area contributed by atoms with Gasteiger partial charge in [-0.2, -0.15) is 8.42 Å². The van der Waals surface area contributed by atoms with E-state index in [4.69, 9.17) is 14.8 Å². The Labute approximate surface area is 96.1 Å². The van der Waals surface area contributed by atoms with Gasteiger partial charge >= 0.3 is 11.9 Å². The van der Waals surface area contributed by atoms with Crippen molar-refractivity contribution in [2.24, 2.45) is 0 Å². The van der Waals surface area contributed by atoms with E-state index in [0.717, 1.165) is 12.1 Å². The van der Waals surface area contributed by atoms with Gasteiger partial charge in [-0.05, 0) is 18.6 Å². The van der Waals surface area contributed by atoms with Crippen molar-refractivity contribution in [2.75, 3.05) is 0 Å². The second-order valence-electron chi connectivity index (χ2n) is 3.22. The van der Waals surface area contributed by atoms with E-state index in [2.05, 4.69) is 0 Å². The minimum absolute atomic E-state index is 0.0464. The summed E-state index contributed by atoms with van der Waals surface area (Å²) in [5.74, 6) is -3.33. The molecule has 1 aromatic carbocycles. The SMILES string of the molecule is Cc1ccc(C(=O)O)c(C(=O)O)c1S(=O)(=O)O. The van der Waals surface area contributed by atoms with Crippen LogP contribution < -0.4 is 0 Å². The Kier molecular flexibility index (Phi) is 3.21. The number of carboxylic acid groups (broad SMARTS) is 2. The number of hydrogen-bond acceptors (Lipinski definition) is 4. The fraction of sp³-hybridized carbons (Fsp3) is 0.111. The third-order valence-corrected chi connectivity index (χ3v) is 3.10. The smallest absolute Gasteiger partial charge is 0.338 e. The van der Waals surface area contributed by atoms with Crippen LogP contribution in [0, 0.1) is 6.92 Å². The largest absolute Gasteiger partial charge is 0.478 e. The predicted octanol–water partition coefficient (Wildman–Crippen LogP) is 0.638. The topological polar surface area (TPSA) is 129 Å². The number of hydrogen-bond donors (Lipinski definition) is 3. The maximum absolute atomic E-state index is 11.1. The van der Waals surface area contributed by atoms with Gasteiger partial charge in [-0.25, -0.2) is 9.59 Å². The first-order valence-electron chi connectivity index (χ1n) is 4.24. The highest BCUT2D eigenvalue weighted by molar-refractivity contribution is 7.86. The fourth-order valence-corrected chi connectivity index (χ4v) is 2.34. The lowest BCUT2D eigenvalue weighted by atomic mass is 10.0. The molecular weight excluding hydrogens is 252 g/mol. The molecule has 0 aliphatic carbocycles. The van der Waals surface area contributed by atoms with Gasteiger partial charge in [0.25, 0.3) is 10.1 Å². The Balaban J connectivity index is 3.86. The van der Waals surface area contributed by atoms with E-state index in [1.54, 1.807) is 0 Å². The number of benzene rings is 1. The van der Waals surface area contributed by atoms with E-state index < -0.39 is 38.1 Å². The van der Waals surface area contributed by atoms with Gasteiger partial charge in [0.1, 0.15) is 4.90 Å². The molecule has 0 radical (unpaired) electrons. The van der Waals surface area contributed by atoms with Crippen LogP contribution in [0.3, 0.4) is 0 Å². The van der Waals surface area contributed by atoms with Crippen molar-refractivity contribution < 1.29 is 32.8 Å². The average Bonchev–Trinajstić information content (AvgIpc) is 2.14. The van der Waals surface area contributed by atoms with Crippen molar-refractivity contribution in [2.45, 2.75) is 11.8 Å². The van der Waals surface area contributed by atoms with Crippen molar-refractivity contribution in [1.82, 2.24) is 0 Å². The van der Waals surface area contributed by atoms with Crippen LogP contribution in [-0.2, 0) is 10.1 Å². The van der Waals surface area contributed by atoms with Gasteiger partial charge in [-0.3, -0.25) is 4.55 Å². The van der Waals surface area contributed by atoms with E-state index in [9.17, 15) is 18.0 Å².